The van der Waals surface area contributed by atoms with Crippen LogP contribution >= 0.6 is 11.9 Å². The van der Waals surface area contributed by atoms with Crippen LogP contribution < -0.4 is 4.90 Å². The summed E-state index contributed by atoms with van der Waals surface area (Å²) >= 11 is 0.276. The lowest BCUT2D eigenvalue weighted by molar-refractivity contribution is -0.118. The number of carbonyl (C=O) groups is 1. The highest BCUT2D eigenvalue weighted by Gasteiger charge is 2.28. The molecule has 1 amide bonds. The lowest BCUT2D eigenvalue weighted by atomic mass is 9.84. The van der Waals surface area contributed by atoms with E-state index in [9.17, 15) is 26.7 Å². The summed E-state index contributed by atoms with van der Waals surface area (Å²) < 4.78 is 70.4. The molecule has 0 aliphatic heterocycles. The van der Waals surface area contributed by atoms with Gasteiger partial charge in [0.25, 0.3) is 0 Å². The molecule has 0 bridgehead atoms. The van der Waals surface area contributed by atoms with Gasteiger partial charge in [0, 0.05) is 11.1 Å². The summed E-state index contributed by atoms with van der Waals surface area (Å²) in [5.74, 6) is -10.1. The molecular weight excluding hydrogens is 547 g/mol. The van der Waals surface area contributed by atoms with E-state index in [2.05, 4.69) is 22.3 Å². The van der Waals surface area contributed by atoms with Gasteiger partial charge in [0.1, 0.15) is 4.90 Å². The van der Waals surface area contributed by atoms with Crippen molar-refractivity contribution < 1.29 is 26.7 Å². The van der Waals surface area contributed by atoms with Crippen molar-refractivity contribution in [2.45, 2.75) is 49.5 Å². The van der Waals surface area contributed by atoms with E-state index in [1.54, 1.807) is 18.3 Å². The zero-order valence-electron chi connectivity index (χ0n) is 21.7. The number of amides is 1. The first-order valence-electron chi connectivity index (χ1n) is 13.0. The highest BCUT2D eigenvalue weighted by Crippen LogP contribution is 2.34. The predicted molar refractivity (Wildman–Crippen MR) is 144 cm³/mol. The average Bonchev–Trinajstić information content (AvgIpc) is 3.45. The van der Waals surface area contributed by atoms with Crippen LogP contribution in [-0.2, 0) is 11.3 Å². The first-order chi connectivity index (χ1) is 19.2. The maximum absolute atomic E-state index is 14.2. The lowest BCUT2D eigenvalue weighted by Crippen LogP contribution is -2.37. The topological polar surface area (TPSA) is 52.2 Å². The Morgan fingerprint density at radius 2 is 1.57 bits per heavy atom. The number of H-pyrrole nitrogens is 1. The van der Waals surface area contributed by atoms with Gasteiger partial charge in [-0.25, -0.2) is 26.3 Å². The number of fused-ring (bicyclic) bond motifs is 1. The number of hydrogen-bond acceptors (Lipinski definition) is 4. The van der Waals surface area contributed by atoms with Crippen LogP contribution in [0.2, 0.25) is 0 Å². The van der Waals surface area contributed by atoms with Crippen LogP contribution in [0.1, 0.15) is 49.1 Å². The van der Waals surface area contributed by atoms with Gasteiger partial charge in [-0.1, -0.05) is 43.5 Å². The number of halogens is 5. The molecule has 40 heavy (non-hydrogen) atoms. The summed E-state index contributed by atoms with van der Waals surface area (Å²) in [7, 11) is 1.34. The monoisotopic (exact) mass is 574 g/mol. The van der Waals surface area contributed by atoms with Crippen molar-refractivity contribution in [3.8, 4) is 0 Å². The van der Waals surface area contributed by atoms with E-state index in [0.29, 0.717) is 17.1 Å². The van der Waals surface area contributed by atoms with Gasteiger partial charge in [-0.05, 0) is 67.1 Å². The number of hydrogen-bond donors (Lipinski definition) is 1. The molecule has 11 heteroatoms. The van der Waals surface area contributed by atoms with E-state index in [1.807, 2.05) is 18.2 Å². The van der Waals surface area contributed by atoms with E-state index in [-0.39, 0.29) is 25.0 Å². The van der Waals surface area contributed by atoms with E-state index >= 15 is 0 Å². The molecule has 1 aliphatic rings. The third-order valence-corrected chi connectivity index (χ3v) is 8.19. The molecule has 0 atom stereocenters. The van der Waals surface area contributed by atoms with Crippen LogP contribution in [0, 0.1) is 29.1 Å². The number of benzene rings is 3. The molecular formula is C29H27F5N4OS. The van der Waals surface area contributed by atoms with Crippen LogP contribution in [-0.4, -0.2) is 34.0 Å². The molecule has 5 rings (SSSR count). The number of carbonyl (C=O) groups excluding carboxylic acids is 1. The molecule has 5 nitrogen and oxygen atoms in total. The van der Waals surface area contributed by atoms with Gasteiger partial charge >= 0.3 is 0 Å². The molecule has 0 radical (unpaired) electrons. The first kappa shape index (κ1) is 28.1. The Balaban J connectivity index is 1.37. The second-order valence-corrected chi connectivity index (χ2v) is 11.2. The molecule has 1 heterocycles. The minimum absolute atomic E-state index is 0.213. The van der Waals surface area contributed by atoms with Crippen LogP contribution in [0.3, 0.4) is 0 Å². The van der Waals surface area contributed by atoms with Gasteiger partial charge in [-0.3, -0.25) is 9.89 Å². The average molecular weight is 575 g/mol. The van der Waals surface area contributed by atoms with E-state index in [4.69, 9.17) is 0 Å². The van der Waals surface area contributed by atoms with Crippen LogP contribution in [0.5, 0.6) is 0 Å². The molecule has 4 aromatic rings. The van der Waals surface area contributed by atoms with Gasteiger partial charge < -0.3 is 4.90 Å². The molecule has 1 aliphatic carbocycles. The Bertz CT molecular complexity index is 1490. The predicted octanol–water partition coefficient (Wildman–Crippen LogP) is 7.48. The summed E-state index contributed by atoms with van der Waals surface area (Å²) in [6.45, 7) is -0.157. The fourth-order valence-electron chi connectivity index (χ4n) is 5.06. The third-order valence-electron chi connectivity index (χ3n) is 7.21. The molecule has 0 unspecified atom stereocenters. The molecule has 0 saturated heterocycles. The number of nitrogens with zero attached hydrogens (tertiary/aromatic N) is 3. The second-order valence-electron chi connectivity index (χ2n) is 9.97. The fraction of sp³-hybridized carbons (Fsp3) is 0.310. The van der Waals surface area contributed by atoms with Crippen molar-refractivity contribution in [2.24, 2.45) is 0 Å². The Morgan fingerprint density at radius 1 is 0.925 bits per heavy atom. The Hall–Kier alpha value is -3.44. The second kappa shape index (κ2) is 12.0. The zero-order valence-corrected chi connectivity index (χ0v) is 22.5. The summed E-state index contributed by atoms with van der Waals surface area (Å²) in [5, 5.41) is 7.75. The normalized spacial score (nSPS) is 14.3. The van der Waals surface area contributed by atoms with Crippen molar-refractivity contribution in [2.75, 3.05) is 18.5 Å². The van der Waals surface area contributed by atoms with Crippen molar-refractivity contribution in [3.05, 3.63) is 88.9 Å². The largest absolute Gasteiger partial charge is 0.307 e. The molecule has 3 aromatic carbocycles. The quantitative estimate of drug-likeness (QED) is 0.103. The Kier molecular flexibility index (Phi) is 8.41. The number of nitrogens with one attached hydrogen (secondary N) is 1. The first-order valence-corrected chi connectivity index (χ1v) is 13.7. The smallest absolute Gasteiger partial charge is 0.242 e. The number of rotatable bonds is 8. The maximum Gasteiger partial charge on any atom is 0.242 e. The molecule has 210 valence electrons. The third kappa shape index (κ3) is 5.85. The highest BCUT2D eigenvalue weighted by molar-refractivity contribution is 7.97. The number of aromatic nitrogens is 2. The van der Waals surface area contributed by atoms with Crippen LogP contribution in [0.4, 0.5) is 27.6 Å². The summed E-state index contributed by atoms with van der Waals surface area (Å²) in [6, 6.07) is 13.5. The number of likely N-dealkylation sites (N-methyl/N-ethyl adjacent to an activating group) is 1. The van der Waals surface area contributed by atoms with Gasteiger partial charge in [0.15, 0.2) is 23.3 Å². The Morgan fingerprint density at radius 3 is 2.25 bits per heavy atom. The van der Waals surface area contributed by atoms with Crippen molar-refractivity contribution in [1.29, 1.82) is 0 Å². The van der Waals surface area contributed by atoms with Gasteiger partial charge in [0.05, 0.1) is 24.8 Å². The molecule has 1 fully saturated rings. The molecule has 1 N–H and O–H groups in total. The van der Waals surface area contributed by atoms with E-state index in [1.165, 1.54) is 49.6 Å². The highest BCUT2D eigenvalue weighted by atomic mass is 32.2. The van der Waals surface area contributed by atoms with Gasteiger partial charge in [-0.2, -0.15) is 5.10 Å². The lowest BCUT2D eigenvalue weighted by Gasteiger charge is -2.26. The van der Waals surface area contributed by atoms with Gasteiger partial charge in [-0.15, -0.1) is 0 Å². The van der Waals surface area contributed by atoms with Crippen LogP contribution in [0.15, 0.2) is 53.6 Å². The fourth-order valence-corrected chi connectivity index (χ4v) is 5.89. The van der Waals surface area contributed by atoms with Gasteiger partial charge in [0.2, 0.25) is 11.7 Å². The van der Waals surface area contributed by atoms with Crippen molar-refractivity contribution >= 4 is 34.4 Å². The molecule has 1 aromatic heterocycles. The minimum atomic E-state index is -2.23. The summed E-state index contributed by atoms with van der Waals surface area (Å²) in [6.07, 6.45) is 7.71. The molecule has 1 saturated carbocycles. The number of anilines is 1. The van der Waals surface area contributed by atoms with Crippen molar-refractivity contribution in [3.63, 3.8) is 0 Å². The SMILES string of the molecule is CN(CC(=O)N(Cc1ccc(C2CCCCC2)cc1)c1ccc2cn[nH]c2c1)Sc1c(F)c(F)c(F)c(F)c1F. The minimum Gasteiger partial charge on any atom is -0.307 e. The van der Waals surface area contributed by atoms with Crippen molar-refractivity contribution in [1.82, 2.24) is 14.5 Å². The zero-order chi connectivity index (χ0) is 28.4. The summed E-state index contributed by atoms with van der Waals surface area (Å²) in [5.41, 5.74) is 3.44. The van der Waals surface area contributed by atoms with E-state index in [0.717, 1.165) is 15.3 Å². The number of aromatic amines is 1. The summed E-state index contributed by atoms with van der Waals surface area (Å²) in [4.78, 5) is 14.0. The Labute approximate surface area is 232 Å². The maximum atomic E-state index is 14.2. The molecule has 0 spiro atoms. The van der Waals surface area contributed by atoms with Crippen LogP contribution in [0.25, 0.3) is 10.9 Å². The van der Waals surface area contributed by atoms with E-state index < -0.39 is 39.9 Å². The standard InChI is InChI=1S/C29H27F5N4OS/c1-37(40-29-27(33)25(31)24(30)26(32)28(29)34)16-23(39)38(21-12-11-20-14-35-36-22(20)13-21)15-17-7-9-19(10-8-17)18-5-3-2-4-6-18/h7-14,18H,2-6,15-16H2,1H3,(H,35,36).